The number of fused-ring (bicyclic) bond motifs is 2. The number of hydrogen-bond donors (Lipinski definition) is 3. The van der Waals surface area contributed by atoms with Crippen LogP contribution >= 0.6 is 0 Å². The average Bonchev–Trinajstić information content (AvgIpc) is 3.60. The third-order valence-electron chi connectivity index (χ3n) is 6.22. The van der Waals surface area contributed by atoms with Crippen LogP contribution in [0.2, 0.25) is 0 Å². The highest BCUT2D eigenvalue weighted by molar-refractivity contribution is 5.85. The van der Waals surface area contributed by atoms with E-state index < -0.39 is 11.5 Å². The van der Waals surface area contributed by atoms with Gasteiger partial charge in [0.1, 0.15) is 11.3 Å². The van der Waals surface area contributed by atoms with Gasteiger partial charge >= 0.3 is 5.63 Å². The third kappa shape index (κ3) is 4.51. The summed E-state index contributed by atoms with van der Waals surface area (Å²) in [6, 6.07) is 8.24. The Labute approximate surface area is 210 Å². The number of nitrogens with one attached hydrogen (secondary N) is 2. The van der Waals surface area contributed by atoms with Crippen LogP contribution in [-0.4, -0.2) is 48.5 Å². The minimum Gasteiger partial charge on any atom is -0.507 e. The first-order chi connectivity index (χ1) is 18.0. The molecule has 1 aliphatic rings. The normalized spacial score (nSPS) is 12.9. The number of carbonyl (C=O) groups excluding carboxylic acids is 1. The predicted octanol–water partition coefficient (Wildman–Crippen LogP) is 2.85. The molecular formula is C26H25N3O8. The zero-order valence-electron chi connectivity index (χ0n) is 20.2. The van der Waals surface area contributed by atoms with Gasteiger partial charge in [0, 0.05) is 42.8 Å². The molecule has 37 heavy (non-hydrogen) atoms. The van der Waals surface area contributed by atoms with Gasteiger partial charge in [-0.05, 0) is 18.2 Å². The molecule has 192 valence electrons. The van der Waals surface area contributed by atoms with Crippen LogP contribution in [0.4, 0.5) is 0 Å². The summed E-state index contributed by atoms with van der Waals surface area (Å²) >= 11 is 0. The fourth-order valence-corrected chi connectivity index (χ4v) is 4.49. The number of para-hydroxylation sites is 1. The van der Waals surface area contributed by atoms with E-state index in [0.29, 0.717) is 35.4 Å². The third-order valence-corrected chi connectivity index (χ3v) is 6.22. The van der Waals surface area contributed by atoms with Crippen molar-refractivity contribution in [3.05, 3.63) is 70.1 Å². The number of rotatable bonds is 9. The van der Waals surface area contributed by atoms with E-state index in [0.717, 1.165) is 5.69 Å². The molecule has 5 rings (SSSR count). The number of nitrogens with zero attached hydrogens (tertiary/aromatic N) is 1. The number of H-pyrrole nitrogens is 1. The first kappa shape index (κ1) is 24.0. The number of imidazole rings is 1. The van der Waals surface area contributed by atoms with E-state index in [2.05, 4.69) is 15.3 Å². The number of aromatic hydroxyl groups is 1. The van der Waals surface area contributed by atoms with Crippen LogP contribution < -0.4 is 29.9 Å². The molecule has 11 heteroatoms. The maximum atomic E-state index is 13.2. The van der Waals surface area contributed by atoms with E-state index >= 15 is 0 Å². The van der Waals surface area contributed by atoms with Gasteiger partial charge in [0.15, 0.2) is 11.5 Å². The molecule has 0 bridgehead atoms. The van der Waals surface area contributed by atoms with Crippen LogP contribution in [0.15, 0.2) is 52.1 Å². The lowest BCUT2D eigenvalue weighted by atomic mass is 9.86. The van der Waals surface area contributed by atoms with Gasteiger partial charge in [0.25, 0.3) is 0 Å². The summed E-state index contributed by atoms with van der Waals surface area (Å²) < 4.78 is 27.8. The number of benzene rings is 2. The van der Waals surface area contributed by atoms with Crippen LogP contribution in [0.3, 0.4) is 0 Å². The SMILES string of the molecule is COc1cc([C@@H](CC(=O)NCCc2cnc[nH]2)c2c(O)c3ccccc3oc2=O)c(OC)c2c1OCO2. The molecule has 2 aromatic carbocycles. The number of hydrogen-bond acceptors (Lipinski definition) is 9. The van der Waals surface area contributed by atoms with Gasteiger partial charge < -0.3 is 38.8 Å². The maximum absolute atomic E-state index is 13.2. The van der Waals surface area contributed by atoms with Gasteiger partial charge in [0.2, 0.25) is 24.2 Å². The molecule has 3 heterocycles. The lowest BCUT2D eigenvalue weighted by molar-refractivity contribution is -0.121. The molecule has 3 N–H and O–H groups in total. The monoisotopic (exact) mass is 507 g/mol. The summed E-state index contributed by atoms with van der Waals surface area (Å²) in [5.41, 5.74) is 0.635. The highest BCUT2D eigenvalue weighted by atomic mass is 16.7. The molecule has 0 radical (unpaired) electrons. The summed E-state index contributed by atoms with van der Waals surface area (Å²) in [6.45, 7) is 0.293. The molecular weight excluding hydrogens is 482 g/mol. The van der Waals surface area contributed by atoms with Gasteiger partial charge in [0.05, 0.1) is 31.5 Å². The standard InChI is InChI=1S/C26H25N3O8/c1-33-19-9-17(23(34-2)25-24(19)35-13-36-25)16(10-20(30)28-8-7-14-11-27-12-29-14)21-22(31)15-5-3-4-6-18(15)37-26(21)32/h3-6,9,11-12,16,31H,7-8,10,13H2,1-2H3,(H,27,29)(H,28,30)/t16-/m1/s1. The Balaban J connectivity index is 1.60. The molecule has 0 saturated carbocycles. The Morgan fingerprint density at radius 3 is 2.78 bits per heavy atom. The molecule has 0 aliphatic carbocycles. The second-order valence-corrected chi connectivity index (χ2v) is 8.35. The smallest absolute Gasteiger partial charge is 0.343 e. The fourth-order valence-electron chi connectivity index (χ4n) is 4.49. The quantitative estimate of drug-likeness (QED) is 0.291. The van der Waals surface area contributed by atoms with Gasteiger partial charge in [-0.3, -0.25) is 4.79 Å². The van der Waals surface area contributed by atoms with E-state index in [1.54, 1.807) is 42.9 Å². The van der Waals surface area contributed by atoms with Crippen LogP contribution in [0, 0.1) is 0 Å². The topological polar surface area (TPSA) is 145 Å². The first-order valence-electron chi connectivity index (χ1n) is 11.5. The highest BCUT2D eigenvalue weighted by Gasteiger charge is 2.35. The van der Waals surface area contributed by atoms with Crippen molar-refractivity contribution in [1.29, 1.82) is 0 Å². The summed E-state index contributed by atoms with van der Waals surface area (Å²) in [5, 5.41) is 14.4. The number of methoxy groups -OCH3 is 2. The average molecular weight is 507 g/mol. The van der Waals surface area contributed by atoms with Gasteiger partial charge in [-0.1, -0.05) is 12.1 Å². The van der Waals surface area contributed by atoms with Crippen LogP contribution in [0.25, 0.3) is 11.0 Å². The van der Waals surface area contributed by atoms with E-state index in [9.17, 15) is 14.7 Å². The molecule has 1 aliphatic heterocycles. The van der Waals surface area contributed by atoms with Crippen molar-refractivity contribution < 1.29 is 33.3 Å². The Hall–Kier alpha value is -4.67. The molecule has 0 saturated heterocycles. The number of carbonyl (C=O) groups is 1. The summed E-state index contributed by atoms with van der Waals surface area (Å²) in [5.74, 6) is -0.373. The van der Waals surface area contributed by atoms with Gasteiger partial charge in [-0.25, -0.2) is 9.78 Å². The van der Waals surface area contributed by atoms with Crippen LogP contribution in [0.1, 0.15) is 29.2 Å². The Bertz CT molecular complexity index is 1500. The fraction of sp³-hybridized carbons (Fsp3) is 0.269. The zero-order chi connectivity index (χ0) is 25.9. The van der Waals surface area contributed by atoms with Gasteiger partial charge in [-0.2, -0.15) is 0 Å². The summed E-state index contributed by atoms with van der Waals surface area (Å²) in [7, 11) is 2.91. The second-order valence-electron chi connectivity index (χ2n) is 8.35. The minimum absolute atomic E-state index is 0.0480. The van der Waals surface area contributed by atoms with Crippen LogP contribution in [-0.2, 0) is 11.2 Å². The Morgan fingerprint density at radius 2 is 2.03 bits per heavy atom. The predicted molar refractivity (Wildman–Crippen MR) is 132 cm³/mol. The minimum atomic E-state index is -0.966. The largest absolute Gasteiger partial charge is 0.507 e. The molecule has 4 aromatic rings. The number of ether oxygens (including phenoxy) is 4. The zero-order valence-corrected chi connectivity index (χ0v) is 20.2. The molecule has 1 amide bonds. The molecule has 0 spiro atoms. The number of amides is 1. The van der Waals surface area contributed by atoms with Crippen molar-refractivity contribution in [2.45, 2.75) is 18.8 Å². The molecule has 0 fully saturated rings. The summed E-state index contributed by atoms with van der Waals surface area (Å²) in [6.07, 6.45) is 3.59. The van der Waals surface area contributed by atoms with Crippen molar-refractivity contribution in [3.8, 4) is 28.7 Å². The van der Waals surface area contributed by atoms with Crippen LogP contribution in [0.5, 0.6) is 28.7 Å². The van der Waals surface area contributed by atoms with E-state index in [1.165, 1.54) is 14.2 Å². The van der Waals surface area contributed by atoms with Crippen molar-refractivity contribution in [2.75, 3.05) is 27.6 Å². The van der Waals surface area contributed by atoms with Crippen molar-refractivity contribution >= 4 is 16.9 Å². The van der Waals surface area contributed by atoms with E-state index in [1.807, 2.05) is 0 Å². The maximum Gasteiger partial charge on any atom is 0.343 e. The lowest BCUT2D eigenvalue weighted by Crippen LogP contribution is -2.29. The Morgan fingerprint density at radius 1 is 1.22 bits per heavy atom. The number of aromatic nitrogens is 2. The highest BCUT2D eigenvalue weighted by Crippen LogP contribution is 2.53. The molecule has 1 atom stereocenters. The molecule has 2 aromatic heterocycles. The van der Waals surface area contributed by atoms with E-state index in [-0.39, 0.29) is 47.5 Å². The number of aromatic amines is 1. The second kappa shape index (κ2) is 10.1. The molecule has 0 unspecified atom stereocenters. The first-order valence-corrected chi connectivity index (χ1v) is 11.5. The van der Waals surface area contributed by atoms with Gasteiger partial charge in [-0.15, -0.1) is 0 Å². The van der Waals surface area contributed by atoms with E-state index in [4.69, 9.17) is 23.4 Å². The van der Waals surface area contributed by atoms with Crippen molar-refractivity contribution in [3.63, 3.8) is 0 Å². The summed E-state index contributed by atoms with van der Waals surface area (Å²) in [4.78, 5) is 33.3. The van der Waals surface area contributed by atoms with Crippen molar-refractivity contribution in [2.24, 2.45) is 0 Å². The Kier molecular flexibility index (Phi) is 6.59. The van der Waals surface area contributed by atoms with Crippen molar-refractivity contribution in [1.82, 2.24) is 15.3 Å². The molecule has 11 nitrogen and oxygen atoms in total. The lowest BCUT2D eigenvalue weighted by Gasteiger charge is -2.22.